The molecule has 7 nitrogen and oxygen atoms in total. The number of hydrogen-bond acceptors (Lipinski definition) is 7. The van der Waals surface area contributed by atoms with Crippen LogP contribution in [0.4, 0.5) is 22.9 Å². The van der Waals surface area contributed by atoms with Gasteiger partial charge in [-0.1, -0.05) is 32.5 Å². The Hall–Kier alpha value is -3.95. The summed E-state index contributed by atoms with van der Waals surface area (Å²) in [6.07, 6.45) is 6.38. The normalized spacial score (nSPS) is 11.0. The fourth-order valence-electron chi connectivity index (χ4n) is 4.16. The third kappa shape index (κ3) is 7.23. The van der Waals surface area contributed by atoms with E-state index >= 15 is 0 Å². The highest BCUT2D eigenvalue weighted by molar-refractivity contribution is 9.10. The topological polar surface area (TPSA) is 91.8 Å². The van der Waals surface area contributed by atoms with Gasteiger partial charge < -0.3 is 16.0 Å². The first-order valence-electron chi connectivity index (χ1n) is 13.5. The van der Waals surface area contributed by atoms with Gasteiger partial charge in [0, 0.05) is 61.7 Å². The van der Waals surface area contributed by atoms with Crippen LogP contribution in [-0.2, 0) is 0 Å². The molecule has 2 aromatic carbocycles. The van der Waals surface area contributed by atoms with E-state index in [0.717, 1.165) is 60.9 Å². The van der Waals surface area contributed by atoms with Crippen molar-refractivity contribution < 1.29 is 4.79 Å². The predicted octanol–water partition coefficient (Wildman–Crippen LogP) is 8.88. The maximum atomic E-state index is 13.2. The van der Waals surface area contributed by atoms with Crippen LogP contribution in [0.15, 0.2) is 99.6 Å². The molecule has 41 heavy (non-hydrogen) atoms. The Labute approximate surface area is 252 Å². The third-order valence-electron chi connectivity index (χ3n) is 6.38. The summed E-state index contributed by atoms with van der Waals surface area (Å²) in [7, 11) is 0. The van der Waals surface area contributed by atoms with Crippen molar-refractivity contribution in [3.63, 3.8) is 0 Å². The minimum absolute atomic E-state index is 0.242. The molecule has 0 unspecified atom stereocenters. The zero-order chi connectivity index (χ0) is 28.8. The van der Waals surface area contributed by atoms with Crippen molar-refractivity contribution in [2.45, 2.75) is 42.9 Å². The van der Waals surface area contributed by atoms with E-state index < -0.39 is 0 Å². The van der Waals surface area contributed by atoms with Gasteiger partial charge in [-0.05, 0) is 95.0 Å². The van der Waals surface area contributed by atoms with Gasteiger partial charge in [-0.25, -0.2) is 4.98 Å². The Morgan fingerprint density at radius 1 is 0.927 bits per heavy atom. The first kappa shape index (κ1) is 28.6. The number of fused-ring (bicyclic) bond motifs is 1. The monoisotopic (exact) mass is 626 g/mol. The number of carbonyl (C=O) groups excluding carboxylic acids is 1. The van der Waals surface area contributed by atoms with Crippen LogP contribution in [0.2, 0.25) is 0 Å². The van der Waals surface area contributed by atoms with Crippen molar-refractivity contribution in [2.75, 3.05) is 22.5 Å². The van der Waals surface area contributed by atoms with Gasteiger partial charge >= 0.3 is 0 Å². The molecule has 208 valence electrons. The van der Waals surface area contributed by atoms with Gasteiger partial charge in [0.15, 0.2) is 0 Å². The first-order chi connectivity index (χ1) is 19.9. The average molecular weight is 628 g/mol. The molecule has 5 rings (SSSR count). The number of amides is 1. The van der Waals surface area contributed by atoms with E-state index in [9.17, 15) is 4.79 Å². The first-order valence-corrected chi connectivity index (χ1v) is 15.1. The van der Waals surface area contributed by atoms with Crippen LogP contribution >= 0.6 is 27.7 Å². The second-order valence-electron chi connectivity index (χ2n) is 9.84. The quantitative estimate of drug-likeness (QED) is 0.142. The van der Waals surface area contributed by atoms with E-state index in [1.165, 1.54) is 0 Å². The van der Waals surface area contributed by atoms with Gasteiger partial charge in [-0.3, -0.25) is 14.8 Å². The van der Waals surface area contributed by atoms with E-state index in [0.29, 0.717) is 17.3 Å². The van der Waals surface area contributed by atoms with Crippen LogP contribution in [0.5, 0.6) is 0 Å². The molecule has 9 heteroatoms. The van der Waals surface area contributed by atoms with E-state index in [-0.39, 0.29) is 5.91 Å². The number of nitrogens with one attached hydrogen (secondary N) is 3. The molecule has 3 aromatic heterocycles. The zero-order valence-corrected chi connectivity index (χ0v) is 25.5. The second kappa shape index (κ2) is 13.1. The highest BCUT2D eigenvalue weighted by Crippen LogP contribution is 2.37. The SMILES string of the molecule is CCCNc1ccc(Sc2ccc(C(=O)Nc3ccc(Br)cn3)cc2Nc2ccnc3cc(C(C)C)ncc23)cc1. The Balaban J connectivity index is 1.48. The summed E-state index contributed by atoms with van der Waals surface area (Å²) in [6.45, 7) is 7.32. The molecule has 0 aliphatic heterocycles. The molecule has 1 amide bonds. The maximum absolute atomic E-state index is 13.2. The number of aromatic nitrogens is 3. The minimum atomic E-state index is -0.242. The molecule has 0 radical (unpaired) electrons. The summed E-state index contributed by atoms with van der Waals surface area (Å²) in [5.74, 6) is 0.545. The van der Waals surface area contributed by atoms with Crippen LogP contribution < -0.4 is 16.0 Å². The van der Waals surface area contributed by atoms with E-state index in [4.69, 9.17) is 0 Å². The summed E-state index contributed by atoms with van der Waals surface area (Å²) >= 11 is 5.01. The number of halogens is 1. The average Bonchev–Trinajstić information content (AvgIpc) is 2.98. The second-order valence-corrected chi connectivity index (χ2v) is 11.9. The molecule has 0 fully saturated rings. The van der Waals surface area contributed by atoms with Crippen molar-refractivity contribution in [3.05, 3.63) is 101 Å². The highest BCUT2D eigenvalue weighted by Gasteiger charge is 2.14. The van der Waals surface area contributed by atoms with Crippen molar-refractivity contribution in [3.8, 4) is 0 Å². The Bertz CT molecular complexity index is 1660. The Kier molecular flexibility index (Phi) is 9.16. The Morgan fingerprint density at radius 3 is 2.49 bits per heavy atom. The van der Waals surface area contributed by atoms with Gasteiger partial charge in [0.2, 0.25) is 0 Å². The van der Waals surface area contributed by atoms with Crippen LogP contribution in [0, 0.1) is 0 Å². The highest BCUT2D eigenvalue weighted by atomic mass is 79.9. The largest absolute Gasteiger partial charge is 0.385 e. The summed E-state index contributed by atoms with van der Waals surface area (Å²) < 4.78 is 0.845. The molecule has 3 N–H and O–H groups in total. The van der Waals surface area contributed by atoms with Gasteiger partial charge in [0.1, 0.15) is 5.82 Å². The molecular formula is C32H31BrN6OS. The fourth-order valence-corrected chi connectivity index (χ4v) is 5.28. The lowest BCUT2D eigenvalue weighted by Crippen LogP contribution is -2.13. The number of hydrogen-bond donors (Lipinski definition) is 3. The number of benzene rings is 2. The third-order valence-corrected chi connectivity index (χ3v) is 7.93. The molecule has 0 aliphatic rings. The number of rotatable bonds is 10. The van der Waals surface area contributed by atoms with E-state index in [1.54, 1.807) is 30.2 Å². The number of nitrogens with zero attached hydrogens (tertiary/aromatic N) is 3. The lowest BCUT2D eigenvalue weighted by atomic mass is 10.1. The van der Waals surface area contributed by atoms with Crippen molar-refractivity contribution in [1.82, 2.24) is 15.0 Å². The Morgan fingerprint density at radius 2 is 1.76 bits per heavy atom. The van der Waals surface area contributed by atoms with Gasteiger partial charge in [-0.2, -0.15) is 0 Å². The minimum Gasteiger partial charge on any atom is -0.385 e. The van der Waals surface area contributed by atoms with Crippen LogP contribution in [0.3, 0.4) is 0 Å². The zero-order valence-electron chi connectivity index (χ0n) is 23.1. The van der Waals surface area contributed by atoms with Crippen LogP contribution in [0.1, 0.15) is 49.2 Å². The molecule has 3 heterocycles. The summed E-state index contributed by atoms with van der Waals surface area (Å²) in [5.41, 5.74) is 5.15. The summed E-state index contributed by atoms with van der Waals surface area (Å²) in [5, 5.41) is 10.8. The fraction of sp³-hybridized carbons (Fsp3) is 0.188. The molecule has 0 saturated heterocycles. The summed E-state index contributed by atoms with van der Waals surface area (Å²) in [4.78, 5) is 28.8. The molecule has 5 aromatic rings. The maximum Gasteiger partial charge on any atom is 0.256 e. The smallest absolute Gasteiger partial charge is 0.256 e. The standard InChI is InChI=1S/C32H31BrN6OS/c1-4-14-34-23-7-9-24(10-8-23)41-30-11-5-21(32(40)39-31-12-6-22(33)18-37-31)16-29(30)38-26-13-15-35-28-17-27(20(2)3)36-19-25(26)28/h5-13,15-20,34H,4,14H2,1-3H3,(H,35,38)(H,37,39,40). The predicted molar refractivity (Wildman–Crippen MR) is 173 cm³/mol. The molecule has 0 saturated carbocycles. The molecule has 0 atom stereocenters. The lowest BCUT2D eigenvalue weighted by molar-refractivity contribution is 0.102. The molecular weight excluding hydrogens is 596 g/mol. The molecule has 0 spiro atoms. The van der Waals surface area contributed by atoms with Crippen molar-refractivity contribution in [1.29, 1.82) is 0 Å². The molecule has 0 aliphatic carbocycles. The van der Waals surface area contributed by atoms with E-state index in [1.807, 2.05) is 42.6 Å². The number of carbonyl (C=O) groups is 1. The van der Waals surface area contributed by atoms with Gasteiger partial charge in [0.25, 0.3) is 5.91 Å². The van der Waals surface area contributed by atoms with Gasteiger partial charge in [-0.15, -0.1) is 0 Å². The van der Waals surface area contributed by atoms with E-state index in [2.05, 4.69) is 91.9 Å². The lowest BCUT2D eigenvalue weighted by Gasteiger charge is -2.16. The van der Waals surface area contributed by atoms with Crippen molar-refractivity contribution >= 4 is 67.4 Å². The van der Waals surface area contributed by atoms with Crippen molar-refractivity contribution in [2.24, 2.45) is 0 Å². The van der Waals surface area contributed by atoms with Gasteiger partial charge in [0.05, 0.1) is 16.9 Å². The van der Waals surface area contributed by atoms with Crippen LogP contribution in [0.25, 0.3) is 10.9 Å². The number of anilines is 4. The number of pyridine rings is 3. The molecule has 0 bridgehead atoms. The van der Waals surface area contributed by atoms with Crippen LogP contribution in [-0.4, -0.2) is 27.4 Å². The summed E-state index contributed by atoms with van der Waals surface area (Å²) in [6, 6.07) is 21.6.